The Bertz CT molecular complexity index is 839. The summed E-state index contributed by atoms with van der Waals surface area (Å²) in [5.74, 6) is -1.37. The van der Waals surface area contributed by atoms with Crippen molar-refractivity contribution in [2.45, 2.75) is 25.9 Å². The van der Waals surface area contributed by atoms with E-state index in [0.29, 0.717) is 45.7 Å². The fourth-order valence-corrected chi connectivity index (χ4v) is 4.16. The second-order valence-corrected chi connectivity index (χ2v) is 7.92. The summed E-state index contributed by atoms with van der Waals surface area (Å²) in [5.41, 5.74) is -0.0398. The van der Waals surface area contributed by atoms with E-state index in [-0.39, 0.29) is 35.9 Å². The molecule has 0 spiro atoms. The van der Waals surface area contributed by atoms with Gasteiger partial charge in [-0.2, -0.15) is 0 Å². The van der Waals surface area contributed by atoms with E-state index < -0.39 is 23.8 Å². The van der Waals surface area contributed by atoms with Gasteiger partial charge in [0, 0.05) is 44.7 Å². The molecule has 0 unspecified atom stereocenters. The average molecular weight is 422 g/mol. The number of anilines is 2. The van der Waals surface area contributed by atoms with E-state index in [2.05, 4.69) is 0 Å². The van der Waals surface area contributed by atoms with Gasteiger partial charge >= 0.3 is 6.09 Å². The molecule has 1 atom stereocenters. The fraction of sp³-hybridized carbons (Fsp3) is 0.550. The van der Waals surface area contributed by atoms with Crippen LogP contribution < -0.4 is 9.80 Å². The predicted octanol–water partition coefficient (Wildman–Crippen LogP) is 1.58. The van der Waals surface area contributed by atoms with E-state index in [1.54, 1.807) is 4.90 Å². The van der Waals surface area contributed by atoms with Gasteiger partial charge in [-0.1, -0.05) is 0 Å². The van der Waals surface area contributed by atoms with Gasteiger partial charge < -0.3 is 14.4 Å². The molecule has 1 aromatic carbocycles. The summed E-state index contributed by atoms with van der Waals surface area (Å²) in [6.07, 6.45) is -0.502. The van der Waals surface area contributed by atoms with Gasteiger partial charge in [-0.05, 0) is 13.3 Å². The summed E-state index contributed by atoms with van der Waals surface area (Å²) in [4.78, 5) is 37.7. The van der Waals surface area contributed by atoms with Gasteiger partial charge in [-0.25, -0.2) is 23.6 Å². The summed E-state index contributed by atoms with van der Waals surface area (Å²) >= 11 is 0. The fourth-order valence-electron chi connectivity index (χ4n) is 4.16. The highest BCUT2D eigenvalue weighted by Gasteiger charge is 2.35. The zero-order valence-corrected chi connectivity index (χ0v) is 16.8. The van der Waals surface area contributed by atoms with E-state index in [9.17, 15) is 23.2 Å². The minimum absolute atomic E-state index is 0.00968. The monoisotopic (exact) mass is 422 g/mol. The maximum Gasteiger partial charge on any atom is 0.414 e. The van der Waals surface area contributed by atoms with Gasteiger partial charge in [0.15, 0.2) is 17.4 Å². The second-order valence-electron chi connectivity index (χ2n) is 7.92. The van der Waals surface area contributed by atoms with Gasteiger partial charge in [0.05, 0.1) is 25.3 Å². The standard InChI is InChI=1S/C20H24F2N4O4/c1-13(27)2-3-16-12-26(20(29)30-16)14-8-17(21)19(18(22)9-14)23-4-6-24-10-15(28)11-25(24)7-5-23/h8-9,16H,2-7,10-12H2,1H3/t16-/m0/s1. The smallest absolute Gasteiger partial charge is 0.414 e. The van der Waals surface area contributed by atoms with Crippen LogP contribution in [0.4, 0.5) is 25.0 Å². The number of carbonyl (C=O) groups is 3. The van der Waals surface area contributed by atoms with Gasteiger partial charge in [0.2, 0.25) is 0 Å². The first-order chi connectivity index (χ1) is 14.3. The van der Waals surface area contributed by atoms with Crippen LogP contribution in [0.3, 0.4) is 0 Å². The Kier molecular flexibility index (Phi) is 5.70. The first-order valence-corrected chi connectivity index (χ1v) is 10.0. The third kappa shape index (κ3) is 4.15. The molecule has 3 saturated heterocycles. The lowest BCUT2D eigenvalue weighted by atomic mass is 10.1. The normalized spacial score (nSPS) is 23.0. The Hall–Kier alpha value is -2.59. The minimum Gasteiger partial charge on any atom is -0.444 e. The number of hydrogen-bond donors (Lipinski definition) is 0. The topological polar surface area (TPSA) is 73.4 Å². The molecular formula is C20H24F2N4O4. The number of hydrogen-bond acceptors (Lipinski definition) is 7. The van der Waals surface area contributed by atoms with Crippen LogP contribution in [0.25, 0.3) is 0 Å². The summed E-state index contributed by atoms with van der Waals surface area (Å²) in [7, 11) is 0. The Morgan fingerprint density at radius 2 is 1.67 bits per heavy atom. The SMILES string of the molecule is CC(=O)CC[C@H]1CN(c2cc(F)c(N3CCN4CC(=O)CN4CC3)c(F)c2)C(=O)O1. The summed E-state index contributed by atoms with van der Waals surface area (Å²) < 4.78 is 35.1. The number of fused-ring (bicyclic) bond motifs is 1. The number of nitrogens with zero attached hydrogens (tertiary/aromatic N) is 4. The van der Waals surface area contributed by atoms with E-state index in [4.69, 9.17) is 4.74 Å². The molecule has 30 heavy (non-hydrogen) atoms. The molecule has 3 aliphatic heterocycles. The second kappa shape index (κ2) is 8.27. The molecule has 1 amide bonds. The predicted molar refractivity (Wildman–Crippen MR) is 104 cm³/mol. The van der Waals surface area contributed by atoms with Crippen molar-refractivity contribution < 1.29 is 27.9 Å². The molecule has 0 aliphatic carbocycles. The van der Waals surface area contributed by atoms with Crippen molar-refractivity contribution in [2.24, 2.45) is 0 Å². The van der Waals surface area contributed by atoms with Crippen molar-refractivity contribution in [3.8, 4) is 0 Å². The number of cyclic esters (lactones) is 1. The van der Waals surface area contributed by atoms with Crippen molar-refractivity contribution >= 4 is 29.0 Å². The third-order valence-electron chi connectivity index (χ3n) is 5.70. The summed E-state index contributed by atoms with van der Waals surface area (Å²) in [6.45, 7) is 4.04. The molecule has 162 valence electrons. The largest absolute Gasteiger partial charge is 0.444 e. The van der Waals surface area contributed by atoms with E-state index in [1.165, 1.54) is 11.8 Å². The average Bonchev–Trinajstić information content (AvgIpc) is 3.17. The number of hydrazine groups is 1. The van der Waals surface area contributed by atoms with E-state index in [0.717, 1.165) is 12.1 Å². The lowest BCUT2D eigenvalue weighted by molar-refractivity contribution is -0.117. The molecule has 0 bridgehead atoms. The van der Waals surface area contributed by atoms with Crippen LogP contribution in [0.2, 0.25) is 0 Å². The van der Waals surface area contributed by atoms with Crippen molar-refractivity contribution in [3.63, 3.8) is 0 Å². The molecule has 8 nitrogen and oxygen atoms in total. The Morgan fingerprint density at radius 3 is 2.23 bits per heavy atom. The molecule has 3 aliphatic rings. The van der Waals surface area contributed by atoms with Crippen LogP contribution in [-0.2, 0) is 14.3 Å². The number of amides is 1. The molecule has 0 radical (unpaired) electrons. The van der Waals surface area contributed by atoms with Crippen molar-refractivity contribution in [2.75, 3.05) is 55.6 Å². The number of halogens is 2. The molecular weight excluding hydrogens is 398 g/mol. The zero-order valence-electron chi connectivity index (χ0n) is 16.8. The lowest BCUT2D eigenvalue weighted by Crippen LogP contribution is -2.37. The van der Waals surface area contributed by atoms with Gasteiger partial charge in [0.1, 0.15) is 17.6 Å². The molecule has 3 fully saturated rings. The Labute approximate surface area is 172 Å². The summed E-state index contributed by atoms with van der Waals surface area (Å²) in [5, 5.41) is 3.82. The van der Waals surface area contributed by atoms with Crippen LogP contribution in [0.5, 0.6) is 0 Å². The maximum atomic E-state index is 14.9. The zero-order chi connectivity index (χ0) is 21.4. The van der Waals surface area contributed by atoms with Crippen LogP contribution >= 0.6 is 0 Å². The molecule has 1 aromatic rings. The van der Waals surface area contributed by atoms with Crippen molar-refractivity contribution in [3.05, 3.63) is 23.8 Å². The molecule has 0 saturated carbocycles. The van der Waals surface area contributed by atoms with Crippen LogP contribution in [0.15, 0.2) is 12.1 Å². The molecule has 10 heteroatoms. The molecule has 3 heterocycles. The number of ketones is 2. The maximum absolute atomic E-state index is 14.9. The van der Waals surface area contributed by atoms with Crippen molar-refractivity contribution in [1.29, 1.82) is 0 Å². The Morgan fingerprint density at radius 1 is 1.07 bits per heavy atom. The number of Topliss-reactive ketones (excluding diaryl/α,β-unsaturated/α-hetero) is 2. The first kappa shape index (κ1) is 20.7. The quantitative estimate of drug-likeness (QED) is 0.713. The third-order valence-corrected chi connectivity index (χ3v) is 5.70. The van der Waals surface area contributed by atoms with Crippen molar-refractivity contribution in [1.82, 2.24) is 10.0 Å². The Balaban J connectivity index is 1.48. The highest BCUT2D eigenvalue weighted by molar-refractivity contribution is 5.90. The molecule has 0 aromatic heterocycles. The highest BCUT2D eigenvalue weighted by atomic mass is 19.1. The number of benzene rings is 1. The first-order valence-electron chi connectivity index (χ1n) is 10.0. The molecule has 4 rings (SSSR count). The highest BCUT2D eigenvalue weighted by Crippen LogP contribution is 2.32. The summed E-state index contributed by atoms with van der Waals surface area (Å²) in [6, 6.07) is 2.28. The van der Waals surface area contributed by atoms with Gasteiger partial charge in [0.25, 0.3) is 0 Å². The van der Waals surface area contributed by atoms with E-state index in [1.807, 2.05) is 10.0 Å². The number of ether oxygens (including phenoxy) is 1. The van der Waals surface area contributed by atoms with Crippen LogP contribution in [0, 0.1) is 11.6 Å². The number of carbonyl (C=O) groups excluding carboxylic acids is 3. The number of rotatable bonds is 5. The minimum atomic E-state index is -0.752. The van der Waals surface area contributed by atoms with Gasteiger partial charge in [-0.3, -0.25) is 9.69 Å². The van der Waals surface area contributed by atoms with Crippen LogP contribution in [0.1, 0.15) is 19.8 Å². The van der Waals surface area contributed by atoms with Gasteiger partial charge in [-0.15, -0.1) is 0 Å². The van der Waals surface area contributed by atoms with Crippen LogP contribution in [-0.4, -0.2) is 79.6 Å². The molecule has 0 N–H and O–H groups in total. The van der Waals surface area contributed by atoms with E-state index >= 15 is 0 Å². The lowest BCUT2D eigenvalue weighted by Gasteiger charge is -2.25.